The molecule has 0 amide bonds. The van der Waals surface area contributed by atoms with E-state index in [2.05, 4.69) is 33.0 Å². The van der Waals surface area contributed by atoms with Gasteiger partial charge in [0.1, 0.15) is 0 Å². The predicted octanol–water partition coefficient (Wildman–Crippen LogP) is -0.819. The zero-order valence-electron chi connectivity index (χ0n) is 6.60. The fraction of sp³-hybridized carbons (Fsp3) is 1.00. The summed E-state index contributed by atoms with van der Waals surface area (Å²) < 4.78 is 0. The minimum atomic E-state index is 0. The number of hydrogen-bond acceptors (Lipinski definition) is 0. The van der Waals surface area contributed by atoms with Gasteiger partial charge < -0.3 is 5.32 Å². The van der Waals surface area contributed by atoms with Crippen LogP contribution in [0.3, 0.4) is 0 Å². The maximum atomic E-state index is 4.28. The Balaban J connectivity index is 0. The first-order chi connectivity index (χ1) is 3.13. The zero-order chi connectivity index (χ0) is 5.86. The molecular formula is C6H14CsN. The Bertz CT molecular complexity index is 37.8. The van der Waals surface area contributed by atoms with E-state index < -0.39 is 0 Å². The molecule has 2 heteroatoms. The number of hydrogen-bond donors (Lipinski definition) is 0. The van der Waals surface area contributed by atoms with Gasteiger partial charge in [0.25, 0.3) is 0 Å². The first-order valence-electron chi connectivity index (χ1n) is 2.83. The molecule has 0 aromatic heterocycles. The summed E-state index contributed by atoms with van der Waals surface area (Å²) >= 11 is 0. The van der Waals surface area contributed by atoms with Gasteiger partial charge in [-0.3, -0.25) is 0 Å². The Morgan fingerprint density at radius 2 is 1.12 bits per heavy atom. The first-order valence-corrected chi connectivity index (χ1v) is 2.83. The largest absolute Gasteiger partial charge is 1.00 e. The van der Waals surface area contributed by atoms with Crippen LogP contribution in [-0.2, 0) is 0 Å². The van der Waals surface area contributed by atoms with Crippen molar-refractivity contribution in [1.29, 1.82) is 0 Å². The third kappa shape index (κ3) is 10.9. The van der Waals surface area contributed by atoms with E-state index in [0.29, 0.717) is 12.1 Å². The van der Waals surface area contributed by atoms with Crippen LogP contribution < -0.4 is 68.9 Å². The van der Waals surface area contributed by atoms with Gasteiger partial charge in [0.05, 0.1) is 0 Å². The molecular weight excluding hydrogens is 219 g/mol. The van der Waals surface area contributed by atoms with Gasteiger partial charge in [0.15, 0.2) is 0 Å². The van der Waals surface area contributed by atoms with E-state index in [1.165, 1.54) is 0 Å². The van der Waals surface area contributed by atoms with Crippen molar-refractivity contribution in [3.8, 4) is 0 Å². The van der Waals surface area contributed by atoms with Crippen molar-refractivity contribution in [3.05, 3.63) is 5.32 Å². The maximum absolute atomic E-state index is 4.28. The average molecular weight is 233 g/mol. The van der Waals surface area contributed by atoms with Crippen LogP contribution in [0.15, 0.2) is 0 Å². The van der Waals surface area contributed by atoms with E-state index in [-0.39, 0.29) is 68.9 Å². The summed E-state index contributed by atoms with van der Waals surface area (Å²) in [5, 5.41) is 4.28. The zero-order valence-corrected chi connectivity index (χ0v) is 12.9. The molecule has 44 valence electrons. The molecule has 0 unspecified atom stereocenters. The smallest absolute Gasteiger partial charge is 0.658 e. The molecule has 0 N–H and O–H groups in total. The Morgan fingerprint density at radius 3 is 1.12 bits per heavy atom. The maximum Gasteiger partial charge on any atom is 1.00 e. The monoisotopic (exact) mass is 233 g/mol. The van der Waals surface area contributed by atoms with E-state index in [4.69, 9.17) is 0 Å². The van der Waals surface area contributed by atoms with Crippen LogP contribution in [0.5, 0.6) is 0 Å². The van der Waals surface area contributed by atoms with E-state index >= 15 is 0 Å². The molecule has 0 saturated heterocycles. The predicted molar refractivity (Wildman–Crippen MR) is 33.6 cm³/mol. The summed E-state index contributed by atoms with van der Waals surface area (Å²) in [6.45, 7) is 8.39. The molecule has 8 heavy (non-hydrogen) atoms. The summed E-state index contributed by atoms with van der Waals surface area (Å²) in [6, 6.07) is 1.000. The molecule has 0 saturated carbocycles. The van der Waals surface area contributed by atoms with Crippen LogP contribution in [0, 0.1) is 0 Å². The van der Waals surface area contributed by atoms with Crippen LogP contribution in [0.25, 0.3) is 5.32 Å². The second-order valence-corrected chi connectivity index (χ2v) is 2.34. The van der Waals surface area contributed by atoms with Crippen molar-refractivity contribution in [1.82, 2.24) is 0 Å². The average Bonchev–Trinajstić information content (AvgIpc) is 1.27. The third-order valence-electron chi connectivity index (χ3n) is 0.596. The van der Waals surface area contributed by atoms with Gasteiger partial charge in [-0.05, 0) is 0 Å². The quantitative estimate of drug-likeness (QED) is 0.591. The molecule has 0 aromatic carbocycles. The molecule has 0 aliphatic carbocycles. The van der Waals surface area contributed by atoms with Crippen molar-refractivity contribution in [3.63, 3.8) is 0 Å². The number of rotatable bonds is 2. The van der Waals surface area contributed by atoms with Crippen molar-refractivity contribution >= 4 is 0 Å². The molecule has 0 atom stereocenters. The first kappa shape index (κ1) is 12.7. The molecule has 0 heterocycles. The molecule has 0 aliphatic heterocycles. The van der Waals surface area contributed by atoms with E-state index in [1.807, 2.05) is 0 Å². The fourth-order valence-electron chi connectivity index (χ4n) is 0.596. The topological polar surface area (TPSA) is 14.1 Å². The van der Waals surface area contributed by atoms with Gasteiger partial charge >= 0.3 is 68.9 Å². The van der Waals surface area contributed by atoms with E-state index in [9.17, 15) is 0 Å². The van der Waals surface area contributed by atoms with Crippen molar-refractivity contribution in [2.75, 3.05) is 0 Å². The van der Waals surface area contributed by atoms with Crippen molar-refractivity contribution < 1.29 is 68.9 Å². The van der Waals surface area contributed by atoms with Gasteiger partial charge in [-0.15, -0.1) is 12.1 Å². The number of nitrogens with zero attached hydrogens (tertiary/aromatic N) is 1. The molecule has 0 spiro atoms. The van der Waals surface area contributed by atoms with Crippen LogP contribution in [0.4, 0.5) is 0 Å². The summed E-state index contributed by atoms with van der Waals surface area (Å²) in [5.74, 6) is 0. The van der Waals surface area contributed by atoms with Crippen molar-refractivity contribution in [2.24, 2.45) is 0 Å². The van der Waals surface area contributed by atoms with Crippen LogP contribution in [0.2, 0.25) is 0 Å². The Hall–Kier alpha value is 2.01. The molecule has 0 radical (unpaired) electrons. The van der Waals surface area contributed by atoms with Crippen LogP contribution >= 0.6 is 0 Å². The molecule has 0 bridgehead atoms. The van der Waals surface area contributed by atoms with Gasteiger partial charge in [-0.1, -0.05) is 27.7 Å². The Labute approximate surface area is 111 Å². The van der Waals surface area contributed by atoms with E-state index in [0.717, 1.165) is 0 Å². The fourth-order valence-corrected chi connectivity index (χ4v) is 0.596. The van der Waals surface area contributed by atoms with Crippen LogP contribution in [-0.4, -0.2) is 12.1 Å². The summed E-state index contributed by atoms with van der Waals surface area (Å²) in [7, 11) is 0. The minimum Gasteiger partial charge on any atom is -0.658 e. The van der Waals surface area contributed by atoms with Gasteiger partial charge in [0, 0.05) is 0 Å². The molecule has 0 aliphatic rings. The van der Waals surface area contributed by atoms with Gasteiger partial charge in [0.2, 0.25) is 0 Å². The second-order valence-electron chi connectivity index (χ2n) is 2.34. The molecule has 0 aromatic rings. The molecule has 0 rings (SSSR count). The molecule has 0 fully saturated rings. The third-order valence-corrected chi connectivity index (χ3v) is 0.596. The summed E-state index contributed by atoms with van der Waals surface area (Å²) in [4.78, 5) is 0. The normalized spacial score (nSPS) is 9.75. The Morgan fingerprint density at radius 1 is 0.875 bits per heavy atom. The SMILES string of the molecule is CC(C)[N-]C(C)C.[Cs+]. The van der Waals surface area contributed by atoms with Gasteiger partial charge in [-0.2, -0.15) is 0 Å². The Kier molecular flexibility index (Phi) is 11.3. The van der Waals surface area contributed by atoms with Crippen LogP contribution in [0.1, 0.15) is 27.7 Å². The van der Waals surface area contributed by atoms with Gasteiger partial charge in [-0.25, -0.2) is 0 Å². The standard InChI is InChI=1S/C6H14N.Cs/c1-5(2)7-6(3)4;/h5-6H,1-4H3;/q-1;+1. The minimum absolute atomic E-state index is 0. The van der Waals surface area contributed by atoms with Crippen molar-refractivity contribution in [2.45, 2.75) is 39.8 Å². The second kappa shape index (κ2) is 7.12. The van der Waals surface area contributed by atoms with E-state index in [1.54, 1.807) is 0 Å². The summed E-state index contributed by atoms with van der Waals surface area (Å²) in [5.41, 5.74) is 0. The summed E-state index contributed by atoms with van der Waals surface area (Å²) in [6.07, 6.45) is 0. The molecule has 1 nitrogen and oxygen atoms in total.